The highest BCUT2D eigenvalue weighted by Gasteiger charge is 2.28. The molecule has 2 aromatic rings. The van der Waals surface area contributed by atoms with Gasteiger partial charge in [-0.3, -0.25) is 9.59 Å². The molecule has 1 saturated carbocycles. The fourth-order valence-electron chi connectivity index (χ4n) is 3.92. The first-order valence-electron chi connectivity index (χ1n) is 10.8. The minimum absolute atomic E-state index is 0.0342. The third kappa shape index (κ3) is 6.43. The van der Waals surface area contributed by atoms with E-state index in [2.05, 4.69) is 21.2 Å². The number of nitrogens with zero attached hydrogens (tertiary/aromatic N) is 1. The van der Waals surface area contributed by atoms with Gasteiger partial charge in [-0.15, -0.1) is 0 Å². The summed E-state index contributed by atoms with van der Waals surface area (Å²) in [7, 11) is 0. The van der Waals surface area contributed by atoms with E-state index in [1.165, 1.54) is 6.42 Å². The van der Waals surface area contributed by atoms with Crippen LogP contribution in [-0.2, 0) is 22.6 Å². The van der Waals surface area contributed by atoms with Crippen LogP contribution < -0.4 is 5.32 Å². The summed E-state index contributed by atoms with van der Waals surface area (Å²) in [4.78, 5) is 27.9. The Labute approximate surface area is 188 Å². The molecule has 1 aliphatic rings. The van der Waals surface area contributed by atoms with Crippen molar-refractivity contribution < 1.29 is 9.59 Å². The van der Waals surface area contributed by atoms with Crippen LogP contribution in [0, 0.1) is 6.92 Å². The molecular weight excluding hydrogens is 440 g/mol. The molecule has 0 aromatic heterocycles. The van der Waals surface area contributed by atoms with Crippen molar-refractivity contribution in [2.45, 2.75) is 71.0 Å². The summed E-state index contributed by atoms with van der Waals surface area (Å²) in [6.07, 6.45) is 5.91. The molecule has 0 aliphatic heterocycles. The standard InChI is InChI=1S/C25H31BrN2O2/c1-18-8-10-20(11-9-18)16-24(29)28(17-21-12-14-22(26)15-13-21)19(2)25(30)27-23-6-4-3-5-7-23/h8-15,19,23H,3-7,16-17H2,1-2H3,(H,27,30)/t19-/m0/s1. The molecule has 1 atom stereocenters. The summed E-state index contributed by atoms with van der Waals surface area (Å²) in [6.45, 7) is 4.28. The van der Waals surface area contributed by atoms with Crippen LogP contribution in [-0.4, -0.2) is 28.8 Å². The Morgan fingerprint density at radius 1 is 1.00 bits per heavy atom. The number of aryl methyl sites for hydroxylation is 1. The van der Waals surface area contributed by atoms with Crippen molar-refractivity contribution in [2.24, 2.45) is 0 Å². The number of halogens is 1. The van der Waals surface area contributed by atoms with Crippen LogP contribution >= 0.6 is 15.9 Å². The van der Waals surface area contributed by atoms with Gasteiger partial charge in [0, 0.05) is 17.1 Å². The maximum atomic E-state index is 13.2. The second-order valence-electron chi connectivity index (χ2n) is 8.33. The zero-order chi connectivity index (χ0) is 21.5. The summed E-state index contributed by atoms with van der Waals surface area (Å²) < 4.78 is 0.992. The summed E-state index contributed by atoms with van der Waals surface area (Å²) >= 11 is 3.45. The normalized spacial score (nSPS) is 15.4. The van der Waals surface area contributed by atoms with Crippen molar-refractivity contribution >= 4 is 27.7 Å². The average molecular weight is 471 g/mol. The first-order valence-corrected chi connectivity index (χ1v) is 11.6. The fourth-order valence-corrected chi connectivity index (χ4v) is 4.18. The zero-order valence-electron chi connectivity index (χ0n) is 17.9. The predicted octanol–water partition coefficient (Wildman–Crippen LogP) is 5.17. The Hall–Kier alpha value is -2.14. The molecule has 1 N–H and O–H groups in total. The highest BCUT2D eigenvalue weighted by molar-refractivity contribution is 9.10. The van der Waals surface area contributed by atoms with Crippen LogP contribution in [0.1, 0.15) is 55.7 Å². The van der Waals surface area contributed by atoms with Crippen LogP contribution in [0.4, 0.5) is 0 Å². The fraction of sp³-hybridized carbons (Fsp3) is 0.440. The third-order valence-corrected chi connectivity index (χ3v) is 6.39. The van der Waals surface area contributed by atoms with Crippen LogP contribution in [0.5, 0.6) is 0 Å². The minimum Gasteiger partial charge on any atom is -0.352 e. The number of carbonyl (C=O) groups excluding carboxylic acids is 2. The first kappa shape index (κ1) is 22.5. The van der Waals surface area contributed by atoms with E-state index < -0.39 is 6.04 Å². The topological polar surface area (TPSA) is 49.4 Å². The molecular formula is C25H31BrN2O2. The lowest BCUT2D eigenvalue weighted by atomic mass is 9.95. The van der Waals surface area contributed by atoms with Gasteiger partial charge in [-0.25, -0.2) is 0 Å². The van der Waals surface area contributed by atoms with Gasteiger partial charge in [-0.05, 0) is 49.9 Å². The molecule has 2 amide bonds. The smallest absolute Gasteiger partial charge is 0.242 e. The van der Waals surface area contributed by atoms with Gasteiger partial charge in [0.2, 0.25) is 11.8 Å². The highest BCUT2D eigenvalue weighted by atomic mass is 79.9. The van der Waals surface area contributed by atoms with Gasteiger partial charge in [0.25, 0.3) is 0 Å². The van der Waals surface area contributed by atoms with E-state index in [0.29, 0.717) is 6.54 Å². The van der Waals surface area contributed by atoms with Gasteiger partial charge in [-0.2, -0.15) is 0 Å². The van der Waals surface area contributed by atoms with Gasteiger partial charge >= 0.3 is 0 Å². The number of hydrogen-bond acceptors (Lipinski definition) is 2. The van der Waals surface area contributed by atoms with Crippen molar-refractivity contribution in [1.29, 1.82) is 0 Å². The van der Waals surface area contributed by atoms with Crippen molar-refractivity contribution in [3.05, 3.63) is 69.7 Å². The quantitative estimate of drug-likeness (QED) is 0.606. The SMILES string of the molecule is Cc1ccc(CC(=O)N(Cc2ccc(Br)cc2)[C@@H](C)C(=O)NC2CCCCC2)cc1. The van der Waals surface area contributed by atoms with Crippen LogP contribution in [0.2, 0.25) is 0 Å². The Balaban J connectivity index is 1.74. The molecule has 1 fully saturated rings. The summed E-state index contributed by atoms with van der Waals surface area (Å²) in [5.74, 6) is -0.0932. The number of amides is 2. The van der Waals surface area contributed by atoms with E-state index in [4.69, 9.17) is 0 Å². The maximum absolute atomic E-state index is 13.2. The summed E-state index contributed by atoms with van der Waals surface area (Å²) in [6, 6.07) is 15.6. The predicted molar refractivity (Wildman–Crippen MR) is 124 cm³/mol. The lowest BCUT2D eigenvalue weighted by Gasteiger charge is -2.31. The molecule has 0 bridgehead atoms. The van der Waals surface area contributed by atoms with Crippen molar-refractivity contribution in [1.82, 2.24) is 10.2 Å². The summed E-state index contributed by atoms with van der Waals surface area (Å²) in [5.41, 5.74) is 3.14. The third-order valence-electron chi connectivity index (χ3n) is 5.86. The summed E-state index contributed by atoms with van der Waals surface area (Å²) in [5, 5.41) is 3.18. The number of nitrogens with one attached hydrogen (secondary N) is 1. The van der Waals surface area contributed by atoms with E-state index in [-0.39, 0.29) is 24.3 Å². The van der Waals surface area contributed by atoms with Gasteiger partial charge in [-0.1, -0.05) is 77.2 Å². The monoisotopic (exact) mass is 470 g/mol. The van der Waals surface area contributed by atoms with Crippen LogP contribution in [0.3, 0.4) is 0 Å². The van der Waals surface area contributed by atoms with Gasteiger partial charge in [0.1, 0.15) is 6.04 Å². The van der Waals surface area contributed by atoms with Crippen LogP contribution in [0.25, 0.3) is 0 Å². The molecule has 3 rings (SSSR count). The van der Waals surface area contributed by atoms with E-state index in [9.17, 15) is 9.59 Å². The second-order valence-corrected chi connectivity index (χ2v) is 9.25. The van der Waals surface area contributed by atoms with E-state index in [0.717, 1.165) is 46.8 Å². The number of rotatable bonds is 7. The molecule has 160 valence electrons. The molecule has 0 radical (unpaired) electrons. The van der Waals surface area contributed by atoms with E-state index >= 15 is 0 Å². The highest BCUT2D eigenvalue weighted by Crippen LogP contribution is 2.19. The largest absolute Gasteiger partial charge is 0.352 e. The second kappa shape index (κ2) is 10.8. The number of carbonyl (C=O) groups is 2. The molecule has 0 spiro atoms. The Morgan fingerprint density at radius 3 is 2.23 bits per heavy atom. The molecule has 0 unspecified atom stereocenters. The van der Waals surface area contributed by atoms with E-state index in [1.54, 1.807) is 4.90 Å². The van der Waals surface area contributed by atoms with Gasteiger partial charge < -0.3 is 10.2 Å². The average Bonchev–Trinajstić information content (AvgIpc) is 2.75. The molecule has 1 aliphatic carbocycles. The number of benzene rings is 2. The van der Waals surface area contributed by atoms with Crippen molar-refractivity contribution in [3.63, 3.8) is 0 Å². The lowest BCUT2D eigenvalue weighted by molar-refractivity contribution is -0.140. The lowest BCUT2D eigenvalue weighted by Crippen LogP contribution is -2.50. The van der Waals surface area contributed by atoms with Crippen molar-refractivity contribution in [3.8, 4) is 0 Å². The molecule has 5 heteroatoms. The zero-order valence-corrected chi connectivity index (χ0v) is 19.5. The minimum atomic E-state index is -0.520. The molecule has 4 nitrogen and oxygen atoms in total. The van der Waals surface area contributed by atoms with Gasteiger partial charge in [0.05, 0.1) is 6.42 Å². The van der Waals surface area contributed by atoms with Gasteiger partial charge in [0.15, 0.2) is 0 Å². The number of hydrogen-bond donors (Lipinski definition) is 1. The Kier molecular flexibility index (Phi) is 8.08. The molecule has 2 aromatic carbocycles. The van der Waals surface area contributed by atoms with Crippen LogP contribution in [0.15, 0.2) is 53.0 Å². The molecule has 0 saturated heterocycles. The maximum Gasteiger partial charge on any atom is 0.242 e. The molecule has 30 heavy (non-hydrogen) atoms. The van der Waals surface area contributed by atoms with E-state index in [1.807, 2.05) is 62.4 Å². The Bertz CT molecular complexity index is 842. The van der Waals surface area contributed by atoms with Crippen molar-refractivity contribution in [2.75, 3.05) is 0 Å². The Morgan fingerprint density at radius 2 is 1.60 bits per heavy atom. The first-order chi connectivity index (χ1) is 14.4. The molecule has 0 heterocycles.